The van der Waals surface area contributed by atoms with Crippen molar-refractivity contribution in [1.29, 1.82) is 0 Å². The third-order valence-electron chi connectivity index (χ3n) is 9.18. The smallest absolute Gasteiger partial charge is 0.149 e. The summed E-state index contributed by atoms with van der Waals surface area (Å²) in [6, 6.07) is 35.5. The van der Waals surface area contributed by atoms with Crippen LogP contribution in [0, 0.1) is 6.92 Å². The van der Waals surface area contributed by atoms with Crippen LogP contribution in [0.25, 0.3) is 61.6 Å². The standard InChI is InChI=1S/C43H42N4OSi/c1-28-18-19-39(48)35(20-28)42-46-41-36(25-44-26-38(41)47(42)33-16-12-9-13-17-33)30-21-31(23-32(22-30)43(2,3)4)37-24-34(29-14-10-8-11-15-29)40(27-45-37)49(5,6)7/h8-27,48H,1-7H3. The molecule has 0 amide bonds. The van der Waals surface area contributed by atoms with Crippen LogP contribution in [0.2, 0.25) is 19.6 Å². The van der Waals surface area contributed by atoms with Gasteiger partial charge in [0.25, 0.3) is 0 Å². The molecule has 7 rings (SSSR count). The fourth-order valence-electron chi connectivity index (χ4n) is 6.48. The Morgan fingerprint density at radius 2 is 1.37 bits per heavy atom. The highest BCUT2D eigenvalue weighted by Crippen LogP contribution is 2.39. The van der Waals surface area contributed by atoms with E-state index in [1.165, 1.54) is 21.9 Å². The fraction of sp³-hybridized carbons (Fsp3) is 0.186. The Kier molecular flexibility index (Phi) is 8.08. The van der Waals surface area contributed by atoms with Gasteiger partial charge in [-0.2, -0.15) is 0 Å². The van der Waals surface area contributed by atoms with Crippen molar-refractivity contribution in [1.82, 2.24) is 19.5 Å². The lowest BCUT2D eigenvalue weighted by atomic mass is 9.83. The summed E-state index contributed by atoms with van der Waals surface area (Å²) in [7, 11) is -1.69. The van der Waals surface area contributed by atoms with Gasteiger partial charge >= 0.3 is 0 Å². The second-order valence-electron chi connectivity index (χ2n) is 15.0. The molecule has 0 saturated carbocycles. The van der Waals surface area contributed by atoms with Crippen LogP contribution in [0.5, 0.6) is 5.75 Å². The van der Waals surface area contributed by atoms with E-state index in [0.29, 0.717) is 11.4 Å². The number of pyridine rings is 2. The molecule has 6 heteroatoms. The molecule has 0 aliphatic rings. The van der Waals surface area contributed by atoms with Gasteiger partial charge in [-0.05, 0) is 82.2 Å². The molecule has 49 heavy (non-hydrogen) atoms. The molecule has 5 nitrogen and oxygen atoms in total. The molecule has 0 aliphatic carbocycles. The van der Waals surface area contributed by atoms with Crippen LogP contribution >= 0.6 is 0 Å². The predicted molar refractivity (Wildman–Crippen MR) is 206 cm³/mol. The van der Waals surface area contributed by atoms with Crippen LogP contribution in [0.15, 0.2) is 122 Å². The van der Waals surface area contributed by atoms with Crippen LogP contribution in [-0.4, -0.2) is 32.7 Å². The average Bonchev–Trinajstić information content (AvgIpc) is 3.48. The van der Waals surface area contributed by atoms with Crippen molar-refractivity contribution >= 4 is 24.3 Å². The summed E-state index contributed by atoms with van der Waals surface area (Å²) in [5, 5.41) is 12.4. The monoisotopic (exact) mass is 658 g/mol. The van der Waals surface area contributed by atoms with Gasteiger partial charge in [0.05, 0.1) is 31.0 Å². The van der Waals surface area contributed by atoms with Crippen LogP contribution < -0.4 is 5.19 Å². The summed E-state index contributed by atoms with van der Waals surface area (Å²) in [4.78, 5) is 15.2. The first kappa shape index (κ1) is 32.2. The molecule has 0 saturated heterocycles. The highest BCUT2D eigenvalue weighted by molar-refractivity contribution is 6.89. The number of phenolic OH excluding ortho intramolecular Hbond substituents is 1. The molecular weight excluding hydrogens is 617 g/mol. The Hall–Kier alpha value is -5.33. The topological polar surface area (TPSA) is 63.8 Å². The van der Waals surface area contributed by atoms with E-state index in [0.717, 1.165) is 44.7 Å². The molecule has 0 aliphatic heterocycles. The zero-order chi connectivity index (χ0) is 34.5. The highest BCUT2D eigenvalue weighted by Gasteiger charge is 2.25. The third-order valence-corrected chi connectivity index (χ3v) is 11.2. The maximum atomic E-state index is 11.1. The summed E-state index contributed by atoms with van der Waals surface area (Å²) >= 11 is 0. The third kappa shape index (κ3) is 6.20. The SMILES string of the molecule is Cc1ccc(O)c(-c2nc3c(-c4cc(-c5cc(-c6ccccc6)c([Si](C)(C)C)cn5)cc(C(C)(C)C)c4)cncc3n2-c2ccccc2)c1. The van der Waals surface area contributed by atoms with Gasteiger partial charge in [-0.15, -0.1) is 0 Å². The van der Waals surface area contributed by atoms with Gasteiger partial charge in [-0.3, -0.25) is 14.5 Å². The van der Waals surface area contributed by atoms with Crippen LogP contribution in [0.3, 0.4) is 0 Å². The summed E-state index contributed by atoms with van der Waals surface area (Å²) in [5.41, 5.74) is 11.8. The Bertz CT molecular complexity index is 2310. The minimum atomic E-state index is -1.69. The van der Waals surface area contributed by atoms with Crippen molar-refractivity contribution in [2.24, 2.45) is 0 Å². The molecule has 0 fully saturated rings. The largest absolute Gasteiger partial charge is 0.507 e. The first-order chi connectivity index (χ1) is 23.4. The number of fused-ring (bicyclic) bond motifs is 1. The van der Waals surface area contributed by atoms with Gasteiger partial charge < -0.3 is 5.11 Å². The highest BCUT2D eigenvalue weighted by atomic mass is 28.3. The van der Waals surface area contributed by atoms with Gasteiger partial charge in [-0.1, -0.05) is 107 Å². The summed E-state index contributed by atoms with van der Waals surface area (Å²) in [5.74, 6) is 0.853. The van der Waals surface area contributed by atoms with Gasteiger partial charge in [-0.25, -0.2) is 4.98 Å². The maximum absolute atomic E-state index is 11.1. The molecule has 7 aromatic rings. The molecule has 4 aromatic carbocycles. The molecule has 244 valence electrons. The lowest BCUT2D eigenvalue weighted by molar-refractivity contribution is 0.476. The second-order valence-corrected chi connectivity index (χ2v) is 20.0. The lowest BCUT2D eigenvalue weighted by Crippen LogP contribution is -2.39. The molecule has 0 unspecified atom stereocenters. The zero-order valence-electron chi connectivity index (χ0n) is 29.3. The molecule has 1 N–H and O–H groups in total. The number of imidazole rings is 1. The summed E-state index contributed by atoms with van der Waals surface area (Å²) < 4.78 is 2.09. The molecular formula is C43H42N4OSi. The predicted octanol–water partition coefficient (Wildman–Crippen LogP) is 10.3. The minimum absolute atomic E-state index is 0.117. The number of hydrogen-bond acceptors (Lipinski definition) is 4. The average molecular weight is 659 g/mol. The van der Waals surface area contributed by atoms with Crippen molar-refractivity contribution < 1.29 is 5.11 Å². The normalized spacial score (nSPS) is 12.1. The number of benzene rings is 4. The Morgan fingerprint density at radius 3 is 2.06 bits per heavy atom. The molecule has 3 aromatic heterocycles. The molecule has 0 radical (unpaired) electrons. The number of para-hydroxylation sites is 1. The van der Waals surface area contributed by atoms with E-state index in [1.807, 2.05) is 49.6 Å². The first-order valence-corrected chi connectivity index (χ1v) is 20.3. The number of aromatic nitrogens is 4. The summed E-state index contributed by atoms with van der Waals surface area (Å²) in [6.07, 6.45) is 5.89. The molecule has 0 spiro atoms. The van der Waals surface area contributed by atoms with E-state index < -0.39 is 8.07 Å². The van der Waals surface area contributed by atoms with Crippen molar-refractivity contribution in [2.45, 2.75) is 52.8 Å². The van der Waals surface area contributed by atoms with Gasteiger partial charge in [0.2, 0.25) is 0 Å². The van der Waals surface area contributed by atoms with Crippen molar-refractivity contribution in [3.05, 3.63) is 133 Å². The Labute approximate surface area is 290 Å². The lowest BCUT2D eigenvalue weighted by Gasteiger charge is -2.23. The first-order valence-electron chi connectivity index (χ1n) is 16.8. The number of aromatic hydroxyl groups is 1. The van der Waals surface area contributed by atoms with Gasteiger partial charge in [0.1, 0.15) is 17.1 Å². The Balaban J connectivity index is 1.48. The Morgan fingerprint density at radius 1 is 0.673 bits per heavy atom. The summed E-state index contributed by atoms with van der Waals surface area (Å²) in [6.45, 7) is 15.9. The number of hydrogen-bond donors (Lipinski definition) is 1. The van der Waals surface area contributed by atoms with Crippen molar-refractivity contribution in [2.75, 3.05) is 0 Å². The number of phenols is 1. The maximum Gasteiger partial charge on any atom is 0.149 e. The molecule has 0 atom stereocenters. The molecule has 3 heterocycles. The number of nitrogens with zero attached hydrogens (tertiary/aromatic N) is 4. The quantitative estimate of drug-likeness (QED) is 0.181. The van der Waals surface area contributed by atoms with Crippen LogP contribution in [0.4, 0.5) is 0 Å². The van der Waals surface area contributed by atoms with Crippen LogP contribution in [0.1, 0.15) is 31.9 Å². The van der Waals surface area contributed by atoms with E-state index in [4.69, 9.17) is 15.0 Å². The van der Waals surface area contributed by atoms with Crippen LogP contribution in [-0.2, 0) is 5.41 Å². The van der Waals surface area contributed by atoms with E-state index in [1.54, 1.807) is 6.07 Å². The van der Waals surface area contributed by atoms with E-state index in [9.17, 15) is 5.11 Å². The van der Waals surface area contributed by atoms with Crippen molar-refractivity contribution in [3.8, 4) is 56.3 Å². The second kappa shape index (κ2) is 12.3. The van der Waals surface area contributed by atoms with Gasteiger partial charge in [0, 0.05) is 29.2 Å². The number of rotatable bonds is 6. The van der Waals surface area contributed by atoms with E-state index in [2.05, 4.69) is 118 Å². The van der Waals surface area contributed by atoms with Gasteiger partial charge in [0.15, 0.2) is 0 Å². The minimum Gasteiger partial charge on any atom is -0.507 e. The van der Waals surface area contributed by atoms with E-state index in [-0.39, 0.29) is 11.2 Å². The zero-order valence-corrected chi connectivity index (χ0v) is 30.3. The fourth-order valence-corrected chi connectivity index (χ4v) is 7.96. The van der Waals surface area contributed by atoms with E-state index >= 15 is 0 Å². The number of aryl methyl sites for hydroxylation is 1. The molecule has 0 bridgehead atoms. The van der Waals surface area contributed by atoms with Crippen molar-refractivity contribution in [3.63, 3.8) is 0 Å².